The third kappa shape index (κ3) is 1.53. The minimum absolute atomic E-state index is 0.395. The number of hydrogen-bond acceptors (Lipinski definition) is 4. The van der Waals surface area contributed by atoms with Crippen molar-refractivity contribution in [1.29, 1.82) is 0 Å². The van der Waals surface area contributed by atoms with Gasteiger partial charge >= 0.3 is 0 Å². The molecule has 1 aliphatic heterocycles. The maximum atomic E-state index is 6.07. The Morgan fingerprint density at radius 3 is 2.88 bits per heavy atom. The van der Waals surface area contributed by atoms with Gasteiger partial charge in [0, 0.05) is 31.7 Å². The monoisotopic (exact) mass is 235 g/mol. The molecule has 1 aliphatic rings. The Labute approximate surface area is 97.7 Å². The van der Waals surface area contributed by atoms with Gasteiger partial charge in [-0.1, -0.05) is 16.8 Å². The van der Waals surface area contributed by atoms with E-state index in [1.54, 1.807) is 18.6 Å². The fourth-order valence-electron chi connectivity index (χ4n) is 1.86. The molecule has 0 saturated carbocycles. The molecule has 3 heterocycles. The second kappa shape index (κ2) is 3.75. The van der Waals surface area contributed by atoms with Crippen LogP contribution in [0.15, 0.2) is 30.9 Å². The lowest BCUT2D eigenvalue weighted by Gasteiger charge is -2.40. The van der Waals surface area contributed by atoms with Crippen LogP contribution >= 0.6 is 11.6 Å². The van der Waals surface area contributed by atoms with Gasteiger partial charge in [-0.25, -0.2) is 4.68 Å². The van der Waals surface area contributed by atoms with E-state index < -0.39 is 0 Å². The molecule has 5 nitrogen and oxygen atoms in total. The van der Waals surface area contributed by atoms with Gasteiger partial charge in [0.05, 0.1) is 22.9 Å². The highest BCUT2D eigenvalue weighted by Crippen LogP contribution is 2.31. The fraction of sp³-hybridized carbons (Fsp3) is 0.300. The molecule has 3 rings (SSSR count). The van der Waals surface area contributed by atoms with E-state index >= 15 is 0 Å². The Balaban J connectivity index is 1.72. The number of halogens is 1. The number of anilines is 1. The van der Waals surface area contributed by atoms with Crippen molar-refractivity contribution in [2.45, 2.75) is 6.04 Å². The molecule has 0 atom stereocenters. The number of nitrogens with zero attached hydrogens (tertiary/aromatic N) is 5. The minimum Gasteiger partial charge on any atom is -0.366 e. The Kier molecular flexibility index (Phi) is 2.25. The van der Waals surface area contributed by atoms with E-state index in [0.29, 0.717) is 11.1 Å². The summed E-state index contributed by atoms with van der Waals surface area (Å²) in [6.45, 7) is 1.82. The molecule has 16 heavy (non-hydrogen) atoms. The van der Waals surface area contributed by atoms with E-state index in [0.717, 1.165) is 18.8 Å². The molecule has 6 heteroatoms. The summed E-state index contributed by atoms with van der Waals surface area (Å²) in [5.74, 6) is 0. The zero-order valence-corrected chi connectivity index (χ0v) is 9.25. The van der Waals surface area contributed by atoms with Crippen LogP contribution in [0.5, 0.6) is 0 Å². The Hall–Kier alpha value is -1.62. The first-order chi connectivity index (χ1) is 7.84. The average Bonchev–Trinajstić information content (AvgIpc) is 2.72. The van der Waals surface area contributed by atoms with Crippen LogP contribution in [-0.2, 0) is 0 Å². The highest BCUT2D eigenvalue weighted by atomic mass is 35.5. The normalized spacial score (nSPS) is 16.2. The van der Waals surface area contributed by atoms with E-state index in [9.17, 15) is 0 Å². The first-order valence-corrected chi connectivity index (χ1v) is 5.42. The summed E-state index contributed by atoms with van der Waals surface area (Å²) in [5.41, 5.74) is 1.04. The topological polar surface area (TPSA) is 46.8 Å². The van der Waals surface area contributed by atoms with Gasteiger partial charge in [0.25, 0.3) is 0 Å². The van der Waals surface area contributed by atoms with Gasteiger partial charge in [-0.3, -0.25) is 4.98 Å². The van der Waals surface area contributed by atoms with Crippen LogP contribution in [0.2, 0.25) is 5.02 Å². The molecule has 1 fully saturated rings. The van der Waals surface area contributed by atoms with Gasteiger partial charge in [-0.05, 0) is 6.07 Å². The second-order valence-electron chi connectivity index (χ2n) is 3.77. The molecule has 2 aromatic heterocycles. The van der Waals surface area contributed by atoms with Crippen LogP contribution in [0.4, 0.5) is 5.69 Å². The van der Waals surface area contributed by atoms with Crippen molar-refractivity contribution in [1.82, 2.24) is 20.0 Å². The summed E-state index contributed by atoms with van der Waals surface area (Å²) < 4.78 is 1.88. The zero-order chi connectivity index (χ0) is 11.0. The number of rotatable bonds is 2. The van der Waals surface area contributed by atoms with Gasteiger partial charge in [-0.15, -0.1) is 5.10 Å². The Morgan fingerprint density at radius 2 is 2.19 bits per heavy atom. The van der Waals surface area contributed by atoms with Gasteiger partial charge in [0.2, 0.25) is 0 Å². The van der Waals surface area contributed by atoms with Crippen LogP contribution in [0.1, 0.15) is 6.04 Å². The summed E-state index contributed by atoms with van der Waals surface area (Å²) in [6, 6.07) is 2.33. The molecule has 0 spiro atoms. The first-order valence-electron chi connectivity index (χ1n) is 5.05. The number of pyridine rings is 1. The second-order valence-corrected chi connectivity index (χ2v) is 4.18. The summed E-state index contributed by atoms with van der Waals surface area (Å²) in [5, 5.41) is 8.48. The lowest BCUT2D eigenvalue weighted by Crippen LogP contribution is -2.48. The average molecular weight is 236 g/mol. The molecular weight excluding hydrogens is 226 g/mol. The molecule has 0 aromatic carbocycles. The van der Waals surface area contributed by atoms with Crippen molar-refractivity contribution < 1.29 is 0 Å². The molecule has 0 bridgehead atoms. The summed E-state index contributed by atoms with van der Waals surface area (Å²) in [6.07, 6.45) is 7.00. The van der Waals surface area contributed by atoms with Gasteiger partial charge in [0.15, 0.2) is 0 Å². The number of hydrogen-bond donors (Lipinski definition) is 0. The van der Waals surface area contributed by atoms with E-state index in [1.807, 2.05) is 16.9 Å². The van der Waals surface area contributed by atoms with Crippen molar-refractivity contribution in [2.24, 2.45) is 0 Å². The quantitative estimate of drug-likeness (QED) is 0.789. The third-order valence-corrected chi connectivity index (χ3v) is 3.06. The van der Waals surface area contributed by atoms with Crippen molar-refractivity contribution in [3.8, 4) is 0 Å². The first kappa shape index (κ1) is 9.59. The van der Waals surface area contributed by atoms with E-state index in [4.69, 9.17) is 11.6 Å². The van der Waals surface area contributed by atoms with Gasteiger partial charge < -0.3 is 4.90 Å². The lowest BCUT2D eigenvalue weighted by atomic mass is 10.1. The van der Waals surface area contributed by atoms with Gasteiger partial charge in [-0.2, -0.15) is 0 Å². The van der Waals surface area contributed by atoms with E-state index in [1.165, 1.54) is 0 Å². The van der Waals surface area contributed by atoms with Crippen LogP contribution in [-0.4, -0.2) is 33.1 Å². The van der Waals surface area contributed by atoms with Crippen LogP contribution in [0, 0.1) is 0 Å². The Bertz CT molecular complexity index is 478. The molecular formula is C10H10ClN5. The van der Waals surface area contributed by atoms with E-state index in [-0.39, 0.29) is 0 Å². The molecule has 1 saturated heterocycles. The highest BCUT2D eigenvalue weighted by Gasteiger charge is 2.29. The SMILES string of the molecule is Clc1cnccc1N1CC(n2ccnn2)C1. The zero-order valence-electron chi connectivity index (χ0n) is 8.49. The van der Waals surface area contributed by atoms with Crippen LogP contribution in [0.25, 0.3) is 0 Å². The maximum Gasteiger partial charge on any atom is 0.0886 e. The molecule has 0 amide bonds. The van der Waals surface area contributed by atoms with Crippen molar-refractivity contribution in [3.63, 3.8) is 0 Å². The predicted molar refractivity (Wildman–Crippen MR) is 60.5 cm³/mol. The smallest absolute Gasteiger partial charge is 0.0886 e. The molecule has 0 N–H and O–H groups in total. The highest BCUT2D eigenvalue weighted by molar-refractivity contribution is 6.33. The van der Waals surface area contributed by atoms with Crippen molar-refractivity contribution >= 4 is 17.3 Å². The summed E-state index contributed by atoms with van der Waals surface area (Å²) in [7, 11) is 0. The summed E-state index contributed by atoms with van der Waals surface area (Å²) in [4.78, 5) is 6.17. The third-order valence-electron chi connectivity index (χ3n) is 2.77. The van der Waals surface area contributed by atoms with E-state index in [2.05, 4.69) is 20.2 Å². The van der Waals surface area contributed by atoms with Gasteiger partial charge in [0.1, 0.15) is 0 Å². The van der Waals surface area contributed by atoms with Crippen molar-refractivity contribution in [2.75, 3.05) is 18.0 Å². The minimum atomic E-state index is 0.395. The lowest BCUT2D eigenvalue weighted by molar-refractivity contribution is 0.361. The maximum absolute atomic E-state index is 6.07. The van der Waals surface area contributed by atoms with Crippen LogP contribution in [0.3, 0.4) is 0 Å². The summed E-state index contributed by atoms with van der Waals surface area (Å²) >= 11 is 6.07. The standard InChI is InChI=1S/C10H10ClN5/c11-9-5-12-2-1-10(9)15-6-8(7-15)16-4-3-13-14-16/h1-5,8H,6-7H2. The van der Waals surface area contributed by atoms with Crippen molar-refractivity contribution in [3.05, 3.63) is 35.9 Å². The molecule has 82 valence electrons. The predicted octanol–water partition coefficient (Wildman–Crippen LogP) is 1.39. The molecule has 2 aromatic rings. The number of aromatic nitrogens is 4. The molecule has 0 unspecified atom stereocenters. The van der Waals surface area contributed by atoms with Crippen LogP contribution < -0.4 is 4.90 Å². The Morgan fingerprint density at radius 1 is 1.31 bits per heavy atom. The fourth-order valence-corrected chi connectivity index (χ4v) is 2.09. The largest absolute Gasteiger partial charge is 0.366 e. The molecule has 0 radical (unpaired) electrons. The molecule has 0 aliphatic carbocycles.